The van der Waals surface area contributed by atoms with Gasteiger partial charge in [0.25, 0.3) is 5.97 Å². The summed E-state index contributed by atoms with van der Waals surface area (Å²) in [6.45, 7) is 0. The molecule has 6 heteroatoms. The highest BCUT2D eigenvalue weighted by Gasteiger charge is 2.12. The normalized spacial score (nSPS) is 12.5. The van der Waals surface area contributed by atoms with E-state index in [1.807, 2.05) is 0 Å². The van der Waals surface area contributed by atoms with Crippen LogP contribution in [0.15, 0.2) is 0 Å². The summed E-state index contributed by atoms with van der Waals surface area (Å²) in [5.41, 5.74) is 5.12. The van der Waals surface area contributed by atoms with Crippen LogP contribution >= 0.6 is 0 Å². The molecule has 0 aliphatic rings. The number of carboxylic acids is 1. The van der Waals surface area contributed by atoms with Gasteiger partial charge in [-0.3, -0.25) is 9.59 Å². The van der Waals surface area contributed by atoms with Crippen molar-refractivity contribution in [1.29, 1.82) is 0 Å². The van der Waals surface area contributed by atoms with E-state index in [9.17, 15) is 9.59 Å². The second-order valence-electron chi connectivity index (χ2n) is 2.06. The lowest BCUT2D eigenvalue weighted by Crippen LogP contribution is -2.30. The highest BCUT2D eigenvalue weighted by Crippen LogP contribution is 1.95. The first-order valence-electron chi connectivity index (χ1n) is 3.13. The fraction of sp³-hybridized carbons (Fsp3) is 0.600. The highest BCUT2D eigenvalue weighted by molar-refractivity contribution is 6.05. The first kappa shape index (κ1) is 10.1. The minimum absolute atomic E-state index is 0.0803. The molecule has 5 nitrogen and oxygen atoms in total. The van der Waals surface area contributed by atoms with Crippen molar-refractivity contribution < 1.29 is 19.1 Å². The summed E-state index contributed by atoms with van der Waals surface area (Å²) in [6, 6.07) is -0.962. The van der Waals surface area contributed by atoms with Crippen molar-refractivity contribution in [2.75, 3.05) is 0 Å². The van der Waals surface area contributed by atoms with Gasteiger partial charge in [0.05, 0.1) is 0 Å². The van der Waals surface area contributed by atoms with Gasteiger partial charge in [0.15, 0.2) is 0 Å². The molecule has 0 rings (SSSR count). The van der Waals surface area contributed by atoms with Gasteiger partial charge >= 0.3 is 5.97 Å². The average molecular weight is 177 g/mol. The number of hydrogen-bond acceptors (Lipinski definition) is 4. The molecule has 0 unspecified atom stereocenters. The van der Waals surface area contributed by atoms with E-state index in [4.69, 9.17) is 10.8 Å². The standard InChI is InChI=1S/C5H11NO4Si/c6-3(5(8)9)1-2-4(7)10-11/h3H,1-2,6H2,11H3,(H,8,9)/t3-/m0/s1. The second kappa shape index (κ2) is 4.86. The molecule has 0 saturated heterocycles. The molecule has 0 fully saturated rings. The Kier molecular flexibility index (Phi) is 4.47. The Morgan fingerprint density at radius 2 is 2.18 bits per heavy atom. The van der Waals surface area contributed by atoms with Crippen LogP contribution in [0.3, 0.4) is 0 Å². The highest BCUT2D eigenvalue weighted by atomic mass is 28.2. The Morgan fingerprint density at radius 1 is 1.64 bits per heavy atom. The lowest BCUT2D eigenvalue weighted by Gasteiger charge is -2.03. The summed E-state index contributed by atoms with van der Waals surface area (Å²) >= 11 is 0. The Morgan fingerprint density at radius 3 is 2.55 bits per heavy atom. The Hall–Kier alpha value is -0.883. The van der Waals surface area contributed by atoms with Gasteiger partial charge in [0.1, 0.15) is 6.04 Å². The van der Waals surface area contributed by atoms with Crippen molar-refractivity contribution >= 4 is 22.4 Å². The van der Waals surface area contributed by atoms with Crippen LogP contribution in [-0.4, -0.2) is 33.6 Å². The zero-order chi connectivity index (χ0) is 8.85. The number of carbonyl (C=O) groups is 2. The van der Waals surface area contributed by atoms with Crippen LogP contribution in [0.2, 0.25) is 0 Å². The van der Waals surface area contributed by atoms with Gasteiger partial charge in [-0.05, 0) is 6.42 Å². The molecule has 0 saturated carbocycles. The molecule has 0 aliphatic carbocycles. The van der Waals surface area contributed by atoms with Gasteiger partial charge in [0.2, 0.25) is 10.5 Å². The van der Waals surface area contributed by atoms with Crippen molar-refractivity contribution in [3.05, 3.63) is 0 Å². The van der Waals surface area contributed by atoms with Crippen LogP contribution in [0, 0.1) is 0 Å². The molecule has 3 N–H and O–H groups in total. The van der Waals surface area contributed by atoms with Gasteiger partial charge in [-0.25, -0.2) is 0 Å². The molecule has 0 bridgehead atoms. The topological polar surface area (TPSA) is 89.6 Å². The van der Waals surface area contributed by atoms with E-state index in [-0.39, 0.29) is 18.8 Å². The van der Waals surface area contributed by atoms with Crippen LogP contribution in [-0.2, 0) is 14.0 Å². The zero-order valence-corrected chi connectivity index (χ0v) is 8.24. The minimum Gasteiger partial charge on any atom is -0.529 e. The summed E-state index contributed by atoms with van der Waals surface area (Å²) in [5, 5.41) is 8.30. The third kappa shape index (κ3) is 4.51. The minimum atomic E-state index is -1.09. The van der Waals surface area contributed by atoms with Crippen molar-refractivity contribution in [3.8, 4) is 0 Å². The largest absolute Gasteiger partial charge is 0.529 e. The first-order valence-corrected chi connectivity index (χ1v) is 3.94. The third-order valence-corrected chi connectivity index (χ3v) is 1.66. The molecule has 0 heterocycles. The van der Waals surface area contributed by atoms with Gasteiger partial charge < -0.3 is 15.3 Å². The Bertz CT molecular complexity index is 161. The maximum absolute atomic E-state index is 10.5. The van der Waals surface area contributed by atoms with Crippen molar-refractivity contribution in [1.82, 2.24) is 0 Å². The van der Waals surface area contributed by atoms with Crippen molar-refractivity contribution in [3.63, 3.8) is 0 Å². The smallest absolute Gasteiger partial charge is 0.320 e. The molecule has 0 aromatic heterocycles. The van der Waals surface area contributed by atoms with E-state index in [0.717, 1.165) is 0 Å². The van der Waals surface area contributed by atoms with Crippen LogP contribution in [0.5, 0.6) is 0 Å². The van der Waals surface area contributed by atoms with E-state index in [1.54, 1.807) is 0 Å². The summed E-state index contributed by atoms with van der Waals surface area (Å²) in [4.78, 5) is 20.6. The van der Waals surface area contributed by atoms with Crippen molar-refractivity contribution in [2.24, 2.45) is 5.73 Å². The fourth-order valence-corrected chi connectivity index (χ4v) is 0.703. The van der Waals surface area contributed by atoms with E-state index >= 15 is 0 Å². The number of nitrogens with two attached hydrogens (primary N) is 1. The molecule has 1 atom stereocenters. The number of hydrogen-bond donors (Lipinski definition) is 2. The van der Waals surface area contributed by atoms with E-state index < -0.39 is 12.0 Å². The number of aliphatic carboxylic acids is 1. The third-order valence-electron chi connectivity index (χ3n) is 1.20. The van der Waals surface area contributed by atoms with Crippen molar-refractivity contribution in [2.45, 2.75) is 18.9 Å². The Balaban J connectivity index is 3.54. The van der Waals surface area contributed by atoms with Crippen LogP contribution in [0.25, 0.3) is 0 Å². The lowest BCUT2D eigenvalue weighted by molar-refractivity contribution is -0.139. The molecular weight excluding hydrogens is 166 g/mol. The zero-order valence-electron chi connectivity index (χ0n) is 6.24. The Labute approximate surface area is 67.1 Å². The first-order chi connectivity index (χ1) is 5.07. The molecule has 0 aromatic rings. The van der Waals surface area contributed by atoms with Crippen LogP contribution in [0.4, 0.5) is 0 Å². The predicted molar refractivity (Wildman–Crippen MR) is 40.9 cm³/mol. The van der Waals surface area contributed by atoms with Gasteiger partial charge in [-0.1, -0.05) is 0 Å². The van der Waals surface area contributed by atoms with Gasteiger partial charge in [-0.15, -0.1) is 0 Å². The summed E-state index contributed by atoms with van der Waals surface area (Å²) in [7, 11) is 0.341. The summed E-state index contributed by atoms with van der Waals surface area (Å²) in [6.07, 6.45) is 0.216. The average Bonchev–Trinajstić information content (AvgIpc) is 1.99. The van der Waals surface area contributed by atoms with Gasteiger partial charge in [0, 0.05) is 6.42 Å². The monoisotopic (exact) mass is 177 g/mol. The lowest BCUT2D eigenvalue weighted by atomic mass is 10.2. The molecule has 0 spiro atoms. The number of carbonyl (C=O) groups excluding carboxylic acids is 1. The summed E-state index contributed by atoms with van der Waals surface area (Å²) in [5.74, 6) is -1.47. The molecule has 11 heavy (non-hydrogen) atoms. The quantitative estimate of drug-likeness (QED) is 0.485. The maximum Gasteiger partial charge on any atom is 0.320 e. The number of rotatable bonds is 4. The predicted octanol–water partition coefficient (Wildman–Crippen LogP) is -2.00. The molecule has 0 radical (unpaired) electrons. The van der Waals surface area contributed by atoms with E-state index in [2.05, 4.69) is 4.43 Å². The number of carboxylic acid groups (broad SMARTS) is 1. The SMILES string of the molecule is N[C@@H](CCC(=O)O[SiH3])C(=O)O. The molecule has 0 amide bonds. The molecule has 0 aromatic carbocycles. The molecule has 64 valence electrons. The van der Waals surface area contributed by atoms with Crippen LogP contribution in [0.1, 0.15) is 12.8 Å². The van der Waals surface area contributed by atoms with E-state index in [1.165, 1.54) is 0 Å². The van der Waals surface area contributed by atoms with Crippen LogP contribution < -0.4 is 5.73 Å². The summed E-state index contributed by atoms with van der Waals surface area (Å²) < 4.78 is 4.43. The fourth-order valence-electron chi connectivity index (χ4n) is 0.499. The molecule has 0 aliphatic heterocycles. The molecular formula is C5H11NO4Si. The van der Waals surface area contributed by atoms with Gasteiger partial charge in [-0.2, -0.15) is 0 Å². The van der Waals surface area contributed by atoms with E-state index in [0.29, 0.717) is 10.5 Å². The maximum atomic E-state index is 10.5. The second-order valence-corrected chi connectivity index (χ2v) is 2.47.